The van der Waals surface area contributed by atoms with E-state index in [2.05, 4.69) is 10.4 Å². The maximum atomic E-state index is 11.5. The molecule has 1 rings (SSSR count). The van der Waals surface area contributed by atoms with Crippen molar-refractivity contribution >= 4 is 17.5 Å². The lowest BCUT2D eigenvalue weighted by Crippen LogP contribution is -2.39. The van der Waals surface area contributed by atoms with Gasteiger partial charge in [0.2, 0.25) is 5.91 Å². The zero-order valence-electron chi connectivity index (χ0n) is 8.98. The SMILES string of the molecule is CC(Cn1cccn1)NC(=O)C(C)CCl. The highest BCUT2D eigenvalue weighted by atomic mass is 35.5. The van der Waals surface area contributed by atoms with Gasteiger partial charge >= 0.3 is 0 Å². The molecule has 4 nitrogen and oxygen atoms in total. The van der Waals surface area contributed by atoms with Crippen molar-refractivity contribution in [1.29, 1.82) is 0 Å². The van der Waals surface area contributed by atoms with Crippen molar-refractivity contribution in [2.45, 2.75) is 26.4 Å². The minimum absolute atomic E-state index is 0.00958. The van der Waals surface area contributed by atoms with Crippen LogP contribution in [0.5, 0.6) is 0 Å². The summed E-state index contributed by atoms with van der Waals surface area (Å²) in [4.78, 5) is 11.5. The summed E-state index contributed by atoms with van der Waals surface area (Å²) in [6, 6.07) is 1.92. The second kappa shape index (κ2) is 5.75. The van der Waals surface area contributed by atoms with Crippen molar-refractivity contribution in [2.24, 2.45) is 5.92 Å². The molecule has 2 atom stereocenters. The van der Waals surface area contributed by atoms with E-state index in [0.717, 1.165) is 0 Å². The van der Waals surface area contributed by atoms with Crippen LogP contribution in [-0.4, -0.2) is 27.6 Å². The minimum atomic E-state index is -0.147. The van der Waals surface area contributed by atoms with Crippen LogP contribution in [0.25, 0.3) is 0 Å². The molecule has 1 aromatic rings. The molecule has 84 valence electrons. The number of hydrogen-bond acceptors (Lipinski definition) is 2. The number of carbonyl (C=O) groups is 1. The summed E-state index contributed by atoms with van der Waals surface area (Å²) in [6.07, 6.45) is 3.59. The molecule has 0 aliphatic rings. The average molecular weight is 230 g/mol. The molecule has 0 radical (unpaired) electrons. The number of halogens is 1. The lowest BCUT2D eigenvalue weighted by atomic mass is 10.2. The Labute approximate surface area is 94.6 Å². The molecular formula is C10H16ClN3O. The molecule has 2 unspecified atom stereocenters. The summed E-state index contributed by atoms with van der Waals surface area (Å²) < 4.78 is 1.79. The first-order chi connectivity index (χ1) is 7.13. The Morgan fingerprint density at radius 1 is 1.60 bits per heavy atom. The highest BCUT2D eigenvalue weighted by molar-refractivity contribution is 6.19. The number of alkyl halides is 1. The number of nitrogens with zero attached hydrogens (tertiary/aromatic N) is 2. The third kappa shape index (κ3) is 3.91. The third-order valence-electron chi connectivity index (χ3n) is 2.09. The molecule has 0 aliphatic heterocycles. The van der Waals surface area contributed by atoms with Crippen molar-refractivity contribution in [3.8, 4) is 0 Å². The molecule has 1 heterocycles. The monoisotopic (exact) mass is 229 g/mol. The molecule has 0 aromatic carbocycles. The summed E-state index contributed by atoms with van der Waals surface area (Å²) >= 11 is 5.59. The molecule has 1 amide bonds. The van der Waals surface area contributed by atoms with Crippen LogP contribution >= 0.6 is 11.6 Å². The van der Waals surface area contributed by atoms with Gasteiger partial charge in [-0.25, -0.2) is 0 Å². The van der Waals surface area contributed by atoms with Gasteiger partial charge in [-0.1, -0.05) is 6.92 Å². The van der Waals surface area contributed by atoms with Crippen molar-refractivity contribution < 1.29 is 4.79 Å². The quantitative estimate of drug-likeness (QED) is 0.773. The summed E-state index contributed by atoms with van der Waals surface area (Å²) in [6.45, 7) is 4.43. The van der Waals surface area contributed by atoms with Crippen molar-refractivity contribution in [3.05, 3.63) is 18.5 Å². The van der Waals surface area contributed by atoms with Crippen LogP contribution in [0.1, 0.15) is 13.8 Å². The second-order valence-corrected chi connectivity index (χ2v) is 4.00. The Morgan fingerprint density at radius 2 is 2.33 bits per heavy atom. The fraction of sp³-hybridized carbons (Fsp3) is 0.600. The minimum Gasteiger partial charge on any atom is -0.352 e. The van der Waals surface area contributed by atoms with Gasteiger partial charge in [-0.2, -0.15) is 5.10 Å². The fourth-order valence-corrected chi connectivity index (χ4v) is 1.33. The molecule has 0 spiro atoms. The van der Waals surface area contributed by atoms with Gasteiger partial charge in [-0.05, 0) is 13.0 Å². The highest BCUT2D eigenvalue weighted by Gasteiger charge is 2.14. The number of rotatable bonds is 5. The number of amides is 1. The van der Waals surface area contributed by atoms with E-state index in [0.29, 0.717) is 12.4 Å². The van der Waals surface area contributed by atoms with Crippen LogP contribution in [-0.2, 0) is 11.3 Å². The normalized spacial score (nSPS) is 14.6. The Morgan fingerprint density at radius 3 is 2.87 bits per heavy atom. The Bertz CT molecular complexity index is 300. The predicted octanol–water partition coefficient (Wildman–Crippen LogP) is 1.26. The zero-order chi connectivity index (χ0) is 11.3. The Kier molecular flexibility index (Phi) is 4.62. The van der Waals surface area contributed by atoms with Crippen LogP contribution in [0, 0.1) is 5.92 Å². The summed E-state index contributed by atoms with van der Waals surface area (Å²) in [5, 5.41) is 6.95. The summed E-state index contributed by atoms with van der Waals surface area (Å²) in [5.41, 5.74) is 0. The van der Waals surface area contributed by atoms with E-state index < -0.39 is 0 Å². The molecule has 0 saturated heterocycles. The lowest BCUT2D eigenvalue weighted by molar-refractivity contribution is -0.124. The number of aromatic nitrogens is 2. The predicted molar refractivity (Wildman–Crippen MR) is 59.7 cm³/mol. The highest BCUT2D eigenvalue weighted by Crippen LogP contribution is 1.99. The first-order valence-corrected chi connectivity index (χ1v) is 5.50. The van der Waals surface area contributed by atoms with Gasteiger partial charge in [0.25, 0.3) is 0 Å². The molecule has 1 N–H and O–H groups in total. The lowest BCUT2D eigenvalue weighted by Gasteiger charge is -2.16. The number of hydrogen-bond donors (Lipinski definition) is 1. The molecule has 0 saturated carbocycles. The molecule has 0 aliphatic carbocycles. The molecule has 1 aromatic heterocycles. The third-order valence-corrected chi connectivity index (χ3v) is 2.55. The van der Waals surface area contributed by atoms with Gasteiger partial charge in [0.05, 0.1) is 6.54 Å². The van der Waals surface area contributed by atoms with E-state index in [9.17, 15) is 4.79 Å². The Hall–Kier alpha value is -1.03. The number of carbonyl (C=O) groups excluding carboxylic acids is 1. The van der Waals surface area contributed by atoms with Gasteiger partial charge in [0.1, 0.15) is 0 Å². The van der Waals surface area contributed by atoms with Crippen LogP contribution in [0.2, 0.25) is 0 Å². The summed E-state index contributed by atoms with van der Waals surface area (Å²) in [5.74, 6) is 0.191. The fourth-order valence-electron chi connectivity index (χ4n) is 1.19. The van der Waals surface area contributed by atoms with Crippen molar-refractivity contribution in [3.63, 3.8) is 0 Å². The van der Waals surface area contributed by atoms with Crippen molar-refractivity contribution in [2.75, 3.05) is 5.88 Å². The standard InChI is InChI=1S/C10H16ClN3O/c1-8(6-11)10(15)13-9(2)7-14-5-3-4-12-14/h3-5,8-9H,6-7H2,1-2H3,(H,13,15). The maximum Gasteiger partial charge on any atom is 0.224 e. The van der Waals surface area contributed by atoms with Gasteiger partial charge in [-0.15, -0.1) is 11.6 Å². The van der Waals surface area contributed by atoms with Crippen LogP contribution in [0.3, 0.4) is 0 Å². The summed E-state index contributed by atoms with van der Waals surface area (Å²) in [7, 11) is 0. The molecule has 0 fully saturated rings. The van der Waals surface area contributed by atoms with Crippen LogP contribution < -0.4 is 5.32 Å². The van der Waals surface area contributed by atoms with Crippen LogP contribution in [0.15, 0.2) is 18.5 Å². The van der Waals surface area contributed by atoms with E-state index >= 15 is 0 Å². The maximum absolute atomic E-state index is 11.5. The van der Waals surface area contributed by atoms with Crippen LogP contribution in [0.4, 0.5) is 0 Å². The van der Waals surface area contributed by atoms with E-state index in [1.165, 1.54) is 0 Å². The van der Waals surface area contributed by atoms with Crippen molar-refractivity contribution in [1.82, 2.24) is 15.1 Å². The van der Waals surface area contributed by atoms with Gasteiger partial charge in [0.15, 0.2) is 0 Å². The average Bonchev–Trinajstić information content (AvgIpc) is 2.68. The van der Waals surface area contributed by atoms with Gasteiger partial charge in [-0.3, -0.25) is 9.48 Å². The molecule has 5 heteroatoms. The van der Waals surface area contributed by atoms with Gasteiger partial charge in [0, 0.05) is 30.2 Å². The van der Waals surface area contributed by atoms with E-state index in [1.807, 2.05) is 26.1 Å². The van der Waals surface area contributed by atoms with E-state index in [-0.39, 0.29) is 17.9 Å². The van der Waals surface area contributed by atoms with E-state index in [1.54, 1.807) is 10.9 Å². The molecule has 0 bridgehead atoms. The zero-order valence-corrected chi connectivity index (χ0v) is 9.74. The number of nitrogens with one attached hydrogen (secondary N) is 1. The van der Waals surface area contributed by atoms with E-state index in [4.69, 9.17) is 11.6 Å². The topological polar surface area (TPSA) is 46.9 Å². The first-order valence-electron chi connectivity index (χ1n) is 4.97. The smallest absolute Gasteiger partial charge is 0.224 e. The largest absolute Gasteiger partial charge is 0.352 e. The Balaban J connectivity index is 2.36. The molecule has 15 heavy (non-hydrogen) atoms. The first kappa shape index (κ1) is 12.0. The second-order valence-electron chi connectivity index (χ2n) is 3.69. The molecular weight excluding hydrogens is 214 g/mol. The van der Waals surface area contributed by atoms with Gasteiger partial charge < -0.3 is 5.32 Å².